The van der Waals surface area contributed by atoms with Crippen molar-refractivity contribution in [1.29, 1.82) is 0 Å². The van der Waals surface area contributed by atoms with E-state index in [4.69, 9.17) is 21.1 Å². The molecule has 0 aromatic heterocycles. The fourth-order valence-electron chi connectivity index (χ4n) is 3.22. The lowest BCUT2D eigenvalue weighted by Gasteiger charge is -2.20. The van der Waals surface area contributed by atoms with Crippen molar-refractivity contribution in [3.8, 4) is 11.5 Å². The van der Waals surface area contributed by atoms with E-state index in [-0.39, 0.29) is 18.2 Å². The summed E-state index contributed by atoms with van der Waals surface area (Å²) in [6.45, 7) is 2.32. The van der Waals surface area contributed by atoms with Crippen LogP contribution in [0.1, 0.15) is 35.3 Å². The number of benzene rings is 3. The second kappa shape index (κ2) is 11.2. The van der Waals surface area contributed by atoms with Crippen LogP contribution in [0.3, 0.4) is 0 Å². The third kappa shape index (κ3) is 6.02. The van der Waals surface area contributed by atoms with Gasteiger partial charge in [-0.25, -0.2) is 0 Å². The second-order valence-corrected chi connectivity index (χ2v) is 7.37. The van der Waals surface area contributed by atoms with Crippen LogP contribution in [0.15, 0.2) is 72.8 Å². The zero-order valence-electron chi connectivity index (χ0n) is 17.9. The van der Waals surface area contributed by atoms with E-state index >= 15 is 0 Å². The number of anilines is 1. The second-order valence-electron chi connectivity index (χ2n) is 6.96. The Labute approximate surface area is 192 Å². The van der Waals surface area contributed by atoms with Crippen LogP contribution >= 0.6 is 11.6 Å². The average Bonchev–Trinajstić information content (AvgIpc) is 2.80. The summed E-state index contributed by atoms with van der Waals surface area (Å²) >= 11 is 6.17. The van der Waals surface area contributed by atoms with E-state index in [9.17, 15) is 9.59 Å². The lowest BCUT2D eigenvalue weighted by molar-refractivity contribution is -0.116. The van der Waals surface area contributed by atoms with E-state index in [2.05, 4.69) is 10.6 Å². The van der Waals surface area contributed by atoms with Crippen molar-refractivity contribution in [3.63, 3.8) is 0 Å². The molecule has 0 heterocycles. The summed E-state index contributed by atoms with van der Waals surface area (Å²) in [6.07, 6.45) is 0.0168. The summed E-state index contributed by atoms with van der Waals surface area (Å²) in [6, 6.07) is 20.8. The molecule has 1 atom stereocenters. The number of hydrogen-bond acceptors (Lipinski definition) is 4. The van der Waals surface area contributed by atoms with E-state index in [0.29, 0.717) is 34.4 Å². The molecule has 0 aliphatic heterocycles. The zero-order chi connectivity index (χ0) is 22.9. The van der Waals surface area contributed by atoms with Gasteiger partial charge in [0.05, 0.1) is 42.5 Å². The number of carbonyl (C=O) groups excluding carboxylic acids is 2. The standard InChI is InChI=1S/C25H25ClN2O4/c1-3-32-23-14-13-18(31-2)15-22(23)27-24(29)16-21(17-9-5-4-6-10-17)28-25(30)19-11-7-8-12-20(19)26/h4-15,21H,3,16H2,1-2H3,(H,27,29)(H,28,30). The van der Waals surface area contributed by atoms with Gasteiger partial charge in [0.25, 0.3) is 5.91 Å². The largest absolute Gasteiger partial charge is 0.497 e. The summed E-state index contributed by atoms with van der Waals surface area (Å²) < 4.78 is 10.9. The minimum Gasteiger partial charge on any atom is -0.497 e. The molecular formula is C25H25ClN2O4. The first-order valence-corrected chi connectivity index (χ1v) is 10.6. The highest BCUT2D eigenvalue weighted by Crippen LogP contribution is 2.30. The van der Waals surface area contributed by atoms with Crippen molar-refractivity contribution in [3.05, 3.63) is 88.9 Å². The normalized spacial score (nSPS) is 11.3. The van der Waals surface area contributed by atoms with Gasteiger partial charge in [-0.15, -0.1) is 0 Å². The molecule has 0 aliphatic rings. The first-order chi connectivity index (χ1) is 15.5. The van der Waals surface area contributed by atoms with Crippen LogP contribution in [0.2, 0.25) is 5.02 Å². The molecule has 3 aromatic rings. The first-order valence-electron chi connectivity index (χ1n) is 10.2. The van der Waals surface area contributed by atoms with Crippen molar-refractivity contribution in [2.75, 3.05) is 19.0 Å². The molecule has 2 amide bonds. The average molecular weight is 453 g/mol. The van der Waals surface area contributed by atoms with E-state index in [1.165, 1.54) is 0 Å². The maximum absolute atomic E-state index is 13.0. The molecular weight excluding hydrogens is 428 g/mol. The predicted octanol–water partition coefficient (Wildman–Crippen LogP) is 5.25. The van der Waals surface area contributed by atoms with E-state index in [1.54, 1.807) is 49.6 Å². The molecule has 3 aromatic carbocycles. The molecule has 6 nitrogen and oxygen atoms in total. The summed E-state index contributed by atoms with van der Waals surface area (Å²) in [4.78, 5) is 25.8. The topological polar surface area (TPSA) is 76.7 Å². The molecule has 3 rings (SSSR count). The molecule has 0 radical (unpaired) electrons. The number of rotatable bonds is 9. The molecule has 0 spiro atoms. The molecule has 1 unspecified atom stereocenters. The molecule has 0 saturated carbocycles. The van der Waals surface area contributed by atoms with E-state index < -0.39 is 6.04 Å². The Morgan fingerprint density at radius 1 is 1.00 bits per heavy atom. The van der Waals surface area contributed by atoms with Gasteiger partial charge >= 0.3 is 0 Å². The molecule has 32 heavy (non-hydrogen) atoms. The van der Waals surface area contributed by atoms with Gasteiger partial charge in [-0.3, -0.25) is 9.59 Å². The molecule has 0 fully saturated rings. The molecule has 2 N–H and O–H groups in total. The number of halogens is 1. The number of amides is 2. The third-order valence-corrected chi connectivity index (χ3v) is 5.11. The minimum atomic E-state index is -0.555. The molecule has 0 aliphatic carbocycles. The van der Waals surface area contributed by atoms with Crippen LogP contribution in [-0.2, 0) is 4.79 Å². The van der Waals surface area contributed by atoms with Crippen LogP contribution in [0.25, 0.3) is 0 Å². The maximum Gasteiger partial charge on any atom is 0.253 e. The smallest absolute Gasteiger partial charge is 0.253 e. The van der Waals surface area contributed by atoms with Gasteiger partial charge < -0.3 is 20.1 Å². The molecule has 166 valence electrons. The quantitative estimate of drug-likeness (QED) is 0.465. The van der Waals surface area contributed by atoms with E-state index in [0.717, 1.165) is 5.56 Å². The van der Waals surface area contributed by atoms with Gasteiger partial charge in [-0.05, 0) is 36.8 Å². The highest BCUT2D eigenvalue weighted by atomic mass is 35.5. The van der Waals surface area contributed by atoms with Crippen molar-refractivity contribution in [1.82, 2.24) is 5.32 Å². The van der Waals surface area contributed by atoms with Crippen LogP contribution < -0.4 is 20.1 Å². The summed E-state index contributed by atoms with van der Waals surface area (Å²) in [5, 5.41) is 6.15. The van der Waals surface area contributed by atoms with Gasteiger partial charge in [-0.1, -0.05) is 54.1 Å². The monoisotopic (exact) mass is 452 g/mol. The van der Waals surface area contributed by atoms with Gasteiger partial charge in [0.2, 0.25) is 5.91 Å². The SMILES string of the molecule is CCOc1ccc(OC)cc1NC(=O)CC(NC(=O)c1ccccc1Cl)c1ccccc1. The Kier molecular flexibility index (Phi) is 8.11. The van der Waals surface area contributed by atoms with Gasteiger partial charge in [0.15, 0.2) is 0 Å². The van der Waals surface area contributed by atoms with Crippen LogP contribution in [0, 0.1) is 0 Å². The number of carbonyl (C=O) groups is 2. The Hall–Kier alpha value is -3.51. The Morgan fingerprint density at radius 3 is 2.41 bits per heavy atom. The van der Waals surface area contributed by atoms with Crippen LogP contribution in [0.4, 0.5) is 5.69 Å². The van der Waals surface area contributed by atoms with E-state index in [1.807, 2.05) is 37.3 Å². The first kappa shape index (κ1) is 23.2. The molecule has 0 bridgehead atoms. The summed E-state index contributed by atoms with van der Waals surface area (Å²) in [7, 11) is 1.55. The van der Waals surface area contributed by atoms with Crippen LogP contribution in [-0.4, -0.2) is 25.5 Å². The predicted molar refractivity (Wildman–Crippen MR) is 126 cm³/mol. The Bertz CT molecular complexity index is 1070. The number of methoxy groups -OCH3 is 1. The van der Waals surface area contributed by atoms with Crippen molar-refractivity contribution < 1.29 is 19.1 Å². The fourth-order valence-corrected chi connectivity index (χ4v) is 3.44. The third-order valence-electron chi connectivity index (χ3n) is 4.78. The highest BCUT2D eigenvalue weighted by Gasteiger charge is 2.21. The van der Waals surface area contributed by atoms with Gasteiger partial charge in [0, 0.05) is 6.07 Å². The lowest BCUT2D eigenvalue weighted by Crippen LogP contribution is -2.31. The number of hydrogen-bond donors (Lipinski definition) is 2. The number of ether oxygens (including phenoxy) is 2. The minimum absolute atomic E-state index is 0.0168. The van der Waals surface area contributed by atoms with Crippen LogP contribution in [0.5, 0.6) is 11.5 Å². The van der Waals surface area contributed by atoms with Gasteiger partial charge in [-0.2, -0.15) is 0 Å². The summed E-state index contributed by atoms with van der Waals surface area (Å²) in [5.74, 6) is 0.495. The fraction of sp³-hybridized carbons (Fsp3) is 0.200. The summed E-state index contributed by atoms with van der Waals surface area (Å²) in [5.41, 5.74) is 1.65. The van der Waals surface area contributed by atoms with Crippen molar-refractivity contribution >= 4 is 29.1 Å². The van der Waals surface area contributed by atoms with Crippen molar-refractivity contribution in [2.24, 2.45) is 0 Å². The highest BCUT2D eigenvalue weighted by molar-refractivity contribution is 6.33. The molecule has 0 saturated heterocycles. The molecule has 7 heteroatoms. The Morgan fingerprint density at radius 2 is 1.72 bits per heavy atom. The van der Waals surface area contributed by atoms with Gasteiger partial charge in [0.1, 0.15) is 11.5 Å². The van der Waals surface area contributed by atoms with Crippen molar-refractivity contribution in [2.45, 2.75) is 19.4 Å². The number of nitrogens with one attached hydrogen (secondary N) is 2. The Balaban J connectivity index is 1.80. The zero-order valence-corrected chi connectivity index (χ0v) is 18.7. The maximum atomic E-state index is 13.0. The lowest BCUT2D eigenvalue weighted by atomic mass is 10.0.